The van der Waals surface area contributed by atoms with Crippen molar-refractivity contribution in [3.63, 3.8) is 0 Å². The van der Waals surface area contributed by atoms with Crippen LogP contribution in [0.5, 0.6) is 0 Å². The molecule has 0 aliphatic carbocycles. The molecule has 1 aliphatic heterocycles. The highest BCUT2D eigenvalue weighted by atomic mass is 35.5. The van der Waals surface area contributed by atoms with Crippen molar-refractivity contribution < 1.29 is 0 Å². The van der Waals surface area contributed by atoms with Gasteiger partial charge in [0.05, 0.1) is 6.54 Å². The molecular formula is C18H21Cl2N5O. The van der Waals surface area contributed by atoms with Gasteiger partial charge in [-0.05, 0) is 23.8 Å². The maximum atomic E-state index is 12.4. The van der Waals surface area contributed by atoms with Crippen LogP contribution in [0.15, 0.2) is 53.5 Å². The number of hydrogen-bond donors (Lipinski definition) is 1. The average molecular weight is 394 g/mol. The second-order valence-electron chi connectivity index (χ2n) is 6.21. The van der Waals surface area contributed by atoms with Gasteiger partial charge in [0, 0.05) is 43.4 Å². The highest BCUT2D eigenvalue weighted by Crippen LogP contribution is 2.28. The predicted octanol–water partition coefficient (Wildman–Crippen LogP) is 2.22. The van der Waals surface area contributed by atoms with Crippen LogP contribution < -0.4 is 11.0 Å². The molecule has 0 saturated carbocycles. The SMILES string of the molecule is Cl.O=c1n(CCN2CCNCC2c2ccccc2Cl)nc2ccccn12. The van der Waals surface area contributed by atoms with Crippen LogP contribution in [0.3, 0.4) is 0 Å². The Kier molecular flexibility index (Phi) is 5.98. The molecule has 0 amide bonds. The third-order valence-corrected chi connectivity index (χ3v) is 5.05. The first-order valence-corrected chi connectivity index (χ1v) is 8.85. The maximum absolute atomic E-state index is 12.4. The number of aromatic nitrogens is 3. The molecule has 3 aromatic rings. The monoisotopic (exact) mass is 393 g/mol. The Hall–Kier alpha value is -1.86. The number of pyridine rings is 1. The van der Waals surface area contributed by atoms with Gasteiger partial charge in [-0.15, -0.1) is 17.5 Å². The molecule has 1 aromatic carbocycles. The van der Waals surface area contributed by atoms with Gasteiger partial charge in [-0.25, -0.2) is 9.48 Å². The Morgan fingerprint density at radius 3 is 2.77 bits per heavy atom. The van der Waals surface area contributed by atoms with E-state index in [1.807, 2.05) is 36.4 Å². The van der Waals surface area contributed by atoms with Crippen molar-refractivity contribution in [1.82, 2.24) is 24.4 Å². The molecule has 0 radical (unpaired) electrons. The molecule has 1 atom stereocenters. The molecule has 1 fully saturated rings. The first kappa shape index (κ1) is 18.9. The topological polar surface area (TPSA) is 54.6 Å². The van der Waals surface area contributed by atoms with Crippen LogP contribution >= 0.6 is 24.0 Å². The molecule has 6 nitrogen and oxygen atoms in total. The van der Waals surface area contributed by atoms with Gasteiger partial charge in [-0.1, -0.05) is 35.9 Å². The fourth-order valence-corrected chi connectivity index (χ4v) is 3.66. The lowest BCUT2D eigenvalue weighted by Crippen LogP contribution is -2.47. The molecular weight excluding hydrogens is 373 g/mol. The number of rotatable bonds is 4. The van der Waals surface area contributed by atoms with Crippen LogP contribution in [-0.4, -0.2) is 45.3 Å². The summed E-state index contributed by atoms with van der Waals surface area (Å²) in [7, 11) is 0. The normalized spacial score (nSPS) is 18.0. The molecule has 138 valence electrons. The number of piperazine rings is 1. The van der Waals surface area contributed by atoms with Crippen LogP contribution in [-0.2, 0) is 6.54 Å². The number of nitrogens with one attached hydrogen (secondary N) is 1. The molecule has 1 N–H and O–H groups in total. The van der Waals surface area contributed by atoms with Crippen LogP contribution in [0.25, 0.3) is 5.65 Å². The summed E-state index contributed by atoms with van der Waals surface area (Å²) in [5, 5.41) is 8.63. The standard InChI is InChI=1S/C18H20ClN5O.ClH/c19-15-6-2-1-5-14(15)16-13-20-8-10-22(16)11-12-24-18(25)23-9-4-3-7-17(23)21-24;/h1-7,9,16,20H,8,10-13H2;1H. The number of benzene rings is 1. The van der Waals surface area contributed by atoms with Gasteiger partial charge in [0.2, 0.25) is 0 Å². The van der Waals surface area contributed by atoms with E-state index in [0.717, 1.165) is 36.8 Å². The Morgan fingerprint density at radius 2 is 1.96 bits per heavy atom. The minimum absolute atomic E-state index is 0. The summed E-state index contributed by atoms with van der Waals surface area (Å²) in [6.45, 7) is 4.01. The second-order valence-corrected chi connectivity index (χ2v) is 6.62. The van der Waals surface area contributed by atoms with E-state index >= 15 is 0 Å². The largest absolute Gasteiger partial charge is 0.350 e. The zero-order valence-corrected chi connectivity index (χ0v) is 15.8. The zero-order chi connectivity index (χ0) is 17.2. The van der Waals surface area contributed by atoms with Crippen molar-refractivity contribution in [1.29, 1.82) is 0 Å². The van der Waals surface area contributed by atoms with E-state index < -0.39 is 0 Å². The van der Waals surface area contributed by atoms with E-state index in [9.17, 15) is 4.79 Å². The maximum Gasteiger partial charge on any atom is 0.350 e. The Balaban J connectivity index is 0.00000196. The van der Waals surface area contributed by atoms with Crippen LogP contribution in [0.2, 0.25) is 5.02 Å². The Bertz CT molecular complexity index is 938. The van der Waals surface area contributed by atoms with E-state index in [0.29, 0.717) is 12.2 Å². The lowest BCUT2D eigenvalue weighted by Gasteiger charge is -2.36. The van der Waals surface area contributed by atoms with Crippen molar-refractivity contribution >= 4 is 29.7 Å². The number of nitrogens with zero attached hydrogens (tertiary/aromatic N) is 4. The summed E-state index contributed by atoms with van der Waals surface area (Å²) in [4.78, 5) is 14.8. The third-order valence-electron chi connectivity index (χ3n) is 4.71. The highest BCUT2D eigenvalue weighted by molar-refractivity contribution is 6.31. The quantitative estimate of drug-likeness (QED) is 0.738. The van der Waals surface area contributed by atoms with Crippen LogP contribution in [0.4, 0.5) is 0 Å². The Morgan fingerprint density at radius 1 is 1.15 bits per heavy atom. The van der Waals surface area contributed by atoms with E-state index in [-0.39, 0.29) is 24.1 Å². The molecule has 26 heavy (non-hydrogen) atoms. The lowest BCUT2D eigenvalue weighted by molar-refractivity contribution is 0.154. The van der Waals surface area contributed by atoms with Crippen LogP contribution in [0, 0.1) is 0 Å². The van der Waals surface area contributed by atoms with Gasteiger partial charge in [-0.3, -0.25) is 9.30 Å². The van der Waals surface area contributed by atoms with E-state index in [1.54, 1.807) is 15.3 Å². The van der Waals surface area contributed by atoms with Gasteiger partial charge < -0.3 is 5.32 Å². The molecule has 8 heteroatoms. The van der Waals surface area contributed by atoms with E-state index in [1.165, 1.54) is 0 Å². The van der Waals surface area contributed by atoms with E-state index in [4.69, 9.17) is 11.6 Å². The molecule has 0 bridgehead atoms. The fraction of sp³-hybridized carbons (Fsp3) is 0.333. The number of fused-ring (bicyclic) bond motifs is 1. The highest BCUT2D eigenvalue weighted by Gasteiger charge is 2.25. The second kappa shape index (κ2) is 8.22. The summed E-state index contributed by atoms with van der Waals surface area (Å²) in [6, 6.07) is 13.7. The van der Waals surface area contributed by atoms with Crippen molar-refractivity contribution in [2.24, 2.45) is 0 Å². The van der Waals surface area contributed by atoms with Gasteiger partial charge in [0.25, 0.3) is 0 Å². The minimum Gasteiger partial charge on any atom is -0.314 e. The molecule has 0 spiro atoms. The number of hydrogen-bond acceptors (Lipinski definition) is 4. The molecule has 2 aromatic heterocycles. The summed E-state index contributed by atoms with van der Waals surface area (Å²) in [6.07, 6.45) is 1.75. The molecule has 3 heterocycles. The van der Waals surface area contributed by atoms with Crippen molar-refractivity contribution in [3.05, 3.63) is 69.7 Å². The first-order valence-electron chi connectivity index (χ1n) is 8.47. The lowest BCUT2D eigenvalue weighted by atomic mass is 10.0. The Labute approximate surface area is 162 Å². The van der Waals surface area contributed by atoms with Crippen molar-refractivity contribution in [2.75, 3.05) is 26.2 Å². The van der Waals surface area contributed by atoms with Gasteiger partial charge in [0.15, 0.2) is 5.65 Å². The molecule has 1 aliphatic rings. The third kappa shape index (κ3) is 3.64. The van der Waals surface area contributed by atoms with E-state index in [2.05, 4.69) is 21.4 Å². The molecule has 1 saturated heterocycles. The molecule has 1 unspecified atom stereocenters. The number of halogens is 2. The summed E-state index contributed by atoms with van der Waals surface area (Å²) in [5.74, 6) is 0. The van der Waals surface area contributed by atoms with Crippen molar-refractivity contribution in [2.45, 2.75) is 12.6 Å². The summed E-state index contributed by atoms with van der Waals surface area (Å²) < 4.78 is 3.12. The minimum atomic E-state index is -0.0972. The smallest absolute Gasteiger partial charge is 0.314 e. The molecule has 4 rings (SSSR count). The van der Waals surface area contributed by atoms with Gasteiger partial charge in [-0.2, -0.15) is 0 Å². The van der Waals surface area contributed by atoms with Crippen LogP contribution in [0.1, 0.15) is 11.6 Å². The van der Waals surface area contributed by atoms with Gasteiger partial charge in [0.1, 0.15) is 0 Å². The first-order chi connectivity index (χ1) is 12.2. The predicted molar refractivity (Wildman–Crippen MR) is 105 cm³/mol. The zero-order valence-electron chi connectivity index (χ0n) is 14.2. The average Bonchev–Trinajstić information content (AvgIpc) is 2.97. The van der Waals surface area contributed by atoms with Gasteiger partial charge >= 0.3 is 5.69 Å². The summed E-state index contributed by atoms with van der Waals surface area (Å²) >= 11 is 6.39. The fourth-order valence-electron chi connectivity index (χ4n) is 3.40. The summed E-state index contributed by atoms with van der Waals surface area (Å²) in [5.41, 5.74) is 1.70. The van der Waals surface area contributed by atoms with Crippen molar-refractivity contribution in [3.8, 4) is 0 Å².